The third-order valence-electron chi connectivity index (χ3n) is 4.01. The fraction of sp³-hybridized carbons (Fsp3) is 0. The normalized spacial score (nSPS) is 14.5. The maximum Gasteiger partial charge on any atom is 0.172 e. The molecule has 3 aromatic rings. The fourth-order valence-electron chi connectivity index (χ4n) is 3.04. The quantitative estimate of drug-likeness (QED) is 0.393. The van der Waals surface area contributed by atoms with Crippen LogP contribution in [0.5, 0.6) is 0 Å². The first kappa shape index (κ1) is 14.4. The minimum Gasteiger partial charge on any atom is -0.309 e. The Morgan fingerprint density at radius 3 is 1.68 bits per heavy atom. The average molecular weight is 434 g/mol. The summed E-state index contributed by atoms with van der Waals surface area (Å²) in [7, 11) is -2.78. The molecule has 108 valence electrons. The lowest BCUT2D eigenvalue weighted by Gasteiger charge is -2.15. The molecule has 0 fully saturated rings. The molecule has 0 radical (unpaired) electrons. The zero-order valence-corrected chi connectivity index (χ0v) is 15.5. The third kappa shape index (κ3) is 2.00. The molecule has 4 heteroatoms. The van der Waals surface area contributed by atoms with Gasteiger partial charge in [0.25, 0.3) is 0 Å². The van der Waals surface area contributed by atoms with Crippen LogP contribution in [0, 0.1) is 0 Å². The molecule has 1 aliphatic heterocycles. The molecule has 1 nitrogen and oxygen atoms in total. The van der Waals surface area contributed by atoms with Crippen LogP contribution in [0.1, 0.15) is 0 Å². The van der Waals surface area contributed by atoms with Crippen molar-refractivity contribution in [3.63, 3.8) is 0 Å². The molecule has 1 heterocycles. The van der Waals surface area contributed by atoms with Crippen molar-refractivity contribution in [2.75, 3.05) is 0 Å². The van der Waals surface area contributed by atoms with Gasteiger partial charge in [-0.05, 0) is 47.5 Å². The maximum atomic E-state index is 14.1. The predicted octanol–water partition coefficient (Wildman–Crippen LogP) is 4.83. The first-order valence-corrected chi connectivity index (χ1v) is 10.2. The van der Waals surface area contributed by atoms with Crippen LogP contribution in [-0.4, -0.2) is 0 Å². The van der Waals surface area contributed by atoms with Gasteiger partial charge in [0.05, 0.1) is 0 Å². The summed E-state index contributed by atoms with van der Waals surface area (Å²) >= 11 is 7.06. The molecular weight excluding hydrogens is 423 g/mol. The zero-order chi connectivity index (χ0) is 15.3. The predicted molar refractivity (Wildman–Crippen MR) is 100 cm³/mol. The summed E-state index contributed by atoms with van der Waals surface area (Å²) in [6.45, 7) is 0. The number of rotatable bonds is 1. The fourth-order valence-corrected chi connectivity index (χ4v) is 6.79. The van der Waals surface area contributed by atoms with Crippen LogP contribution in [0.2, 0.25) is 0 Å². The Kier molecular flexibility index (Phi) is 3.41. The van der Waals surface area contributed by atoms with Gasteiger partial charge in [0.15, 0.2) is 7.14 Å². The summed E-state index contributed by atoms with van der Waals surface area (Å²) in [4.78, 5) is 0. The molecule has 0 saturated heterocycles. The number of hydrogen-bond acceptors (Lipinski definition) is 1. The van der Waals surface area contributed by atoms with E-state index >= 15 is 0 Å². The summed E-state index contributed by atoms with van der Waals surface area (Å²) in [6.07, 6.45) is 0. The van der Waals surface area contributed by atoms with E-state index in [9.17, 15) is 4.57 Å². The first-order valence-electron chi connectivity index (χ1n) is 6.87. The van der Waals surface area contributed by atoms with E-state index in [0.29, 0.717) is 0 Å². The molecule has 0 spiro atoms. The molecule has 3 aromatic carbocycles. The van der Waals surface area contributed by atoms with E-state index in [1.165, 1.54) is 0 Å². The van der Waals surface area contributed by atoms with E-state index in [4.69, 9.17) is 0 Å². The van der Waals surface area contributed by atoms with Gasteiger partial charge in [0, 0.05) is 24.9 Å². The molecule has 22 heavy (non-hydrogen) atoms. The Balaban J connectivity index is 2.13. The molecule has 1 aliphatic rings. The van der Waals surface area contributed by atoms with Crippen molar-refractivity contribution in [3.8, 4) is 11.1 Å². The van der Waals surface area contributed by atoms with E-state index < -0.39 is 7.14 Å². The van der Waals surface area contributed by atoms with Crippen LogP contribution in [0.15, 0.2) is 75.7 Å². The number of halogens is 2. The van der Waals surface area contributed by atoms with Crippen LogP contribution in [0.25, 0.3) is 11.1 Å². The highest BCUT2D eigenvalue weighted by atomic mass is 79.9. The summed E-state index contributed by atoms with van der Waals surface area (Å²) in [5.41, 5.74) is 2.11. The van der Waals surface area contributed by atoms with Gasteiger partial charge in [0.1, 0.15) is 0 Å². The minimum absolute atomic E-state index is 0.889. The van der Waals surface area contributed by atoms with Gasteiger partial charge < -0.3 is 4.57 Å². The second-order valence-electron chi connectivity index (χ2n) is 5.27. The molecule has 0 aromatic heterocycles. The topological polar surface area (TPSA) is 17.1 Å². The highest BCUT2D eigenvalue weighted by molar-refractivity contribution is 9.10. The summed E-state index contributed by atoms with van der Waals surface area (Å²) in [5, 5.41) is 2.74. The van der Waals surface area contributed by atoms with Crippen molar-refractivity contribution in [3.05, 3.63) is 75.7 Å². The van der Waals surface area contributed by atoms with Gasteiger partial charge >= 0.3 is 0 Å². The smallest absolute Gasteiger partial charge is 0.172 e. The van der Waals surface area contributed by atoms with Gasteiger partial charge in [-0.2, -0.15) is 0 Å². The second kappa shape index (κ2) is 5.19. The van der Waals surface area contributed by atoms with E-state index in [1.54, 1.807) is 0 Å². The monoisotopic (exact) mass is 432 g/mol. The Bertz CT molecular complexity index is 880. The van der Waals surface area contributed by atoms with Crippen molar-refractivity contribution in [2.45, 2.75) is 0 Å². The molecule has 0 amide bonds. The van der Waals surface area contributed by atoms with Crippen LogP contribution in [-0.2, 0) is 4.57 Å². The van der Waals surface area contributed by atoms with Gasteiger partial charge in [-0.25, -0.2) is 0 Å². The first-order chi connectivity index (χ1) is 10.6. The highest BCUT2D eigenvalue weighted by Crippen LogP contribution is 2.52. The highest BCUT2D eigenvalue weighted by Gasteiger charge is 2.40. The summed E-state index contributed by atoms with van der Waals surface area (Å²) in [5.74, 6) is 0. The molecule has 0 aliphatic carbocycles. The van der Waals surface area contributed by atoms with Crippen LogP contribution in [0.4, 0.5) is 0 Å². The van der Waals surface area contributed by atoms with Gasteiger partial charge in [-0.1, -0.05) is 62.2 Å². The lowest BCUT2D eigenvalue weighted by molar-refractivity contribution is 0.593. The van der Waals surface area contributed by atoms with Gasteiger partial charge in [-0.3, -0.25) is 0 Å². The molecular formula is C18H11Br2OP. The van der Waals surface area contributed by atoms with Crippen molar-refractivity contribution in [2.24, 2.45) is 0 Å². The number of fused-ring (bicyclic) bond motifs is 3. The van der Waals surface area contributed by atoms with Crippen LogP contribution < -0.4 is 15.9 Å². The van der Waals surface area contributed by atoms with E-state index in [2.05, 4.69) is 44.0 Å². The largest absolute Gasteiger partial charge is 0.309 e. The second-order valence-corrected chi connectivity index (χ2v) is 9.80. The van der Waals surface area contributed by atoms with Crippen molar-refractivity contribution < 1.29 is 4.57 Å². The van der Waals surface area contributed by atoms with E-state index in [0.717, 1.165) is 36.0 Å². The van der Waals surface area contributed by atoms with Gasteiger partial charge in [-0.15, -0.1) is 0 Å². The van der Waals surface area contributed by atoms with Crippen molar-refractivity contribution in [1.82, 2.24) is 0 Å². The summed E-state index contributed by atoms with van der Waals surface area (Å²) in [6, 6.07) is 21.8. The molecule has 0 bridgehead atoms. The van der Waals surface area contributed by atoms with Crippen molar-refractivity contribution >= 4 is 54.9 Å². The maximum absolute atomic E-state index is 14.1. The number of hydrogen-bond donors (Lipinski definition) is 0. The zero-order valence-electron chi connectivity index (χ0n) is 11.5. The van der Waals surface area contributed by atoms with Crippen LogP contribution in [0.3, 0.4) is 0 Å². The van der Waals surface area contributed by atoms with E-state index in [1.807, 2.05) is 54.6 Å². The Morgan fingerprint density at radius 1 is 0.682 bits per heavy atom. The third-order valence-corrected chi connectivity index (χ3v) is 8.15. The number of benzene rings is 3. The average Bonchev–Trinajstić information content (AvgIpc) is 2.78. The SMILES string of the molecule is O=P1(c2ccccc2)c2ccc(Br)cc2-c2cc(Br)ccc21. The Labute approximate surface area is 146 Å². The lowest BCUT2D eigenvalue weighted by atomic mass is 10.1. The molecule has 4 rings (SSSR count). The summed E-state index contributed by atoms with van der Waals surface area (Å²) < 4.78 is 16.0. The van der Waals surface area contributed by atoms with Crippen molar-refractivity contribution in [1.29, 1.82) is 0 Å². The molecule has 0 atom stereocenters. The van der Waals surface area contributed by atoms with E-state index in [-0.39, 0.29) is 0 Å². The standard InChI is InChI=1S/C18H11Br2OP/c19-12-6-8-17-15(10-12)16-11-13(20)7-9-18(16)22(17,21)14-4-2-1-3-5-14/h1-11H. The lowest BCUT2D eigenvalue weighted by Crippen LogP contribution is -2.20. The Hall–Kier alpha value is -1.15. The molecule has 0 unspecified atom stereocenters. The molecule has 0 saturated carbocycles. The molecule has 0 N–H and O–H groups in total. The Morgan fingerprint density at radius 2 is 1.18 bits per heavy atom. The van der Waals surface area contributed by atoms with Gasteiger partial charge in [0.2, 0.25) is 0 Å². The van der Waals surface area contributed by atoms with Crippen LogP contribution >= 0.6 is 39.0 Å². The minimum atomic E-state index is -2.78.